The third-order valence-corrected chi connectivity index (χ3v) is 5.58. The van der Waals surface area contributed by atoms with Crippen molar-refractivity contribution in [1.82, 2.24) is 14.8 Å². The molecule has 0 bridgehead atoms. The normalized spacial score (nSPS) is 11.9. The standard InChI is InChI=1S/C18H23N5OS/c1-9-10(2)15(8-19)18(20-11(9)3)25-14(6)17(24)21-16-12(4)22-23(7)13(16)5/h14H,1-7H3,(H,21,24). The van der Waals surface area contributed by atoms with Gasteiger partial charge < -0.3 is 5.32 Å². The molecule has 0 saturated carbocycles. The summed E-state index contributed by atoms with van der Waals surface area (Å²) in [6, 6.07) is 2.22. The molecule has 1 amide bonds. The van der Waals surface area contributed by atoms with Crippen molar-refractivity contribution in [2.75, 3.05) is 5.32 Å². The summed E-state index contributed by atoms with van der Waals surface area (Å²) >= 11 is 1.30. The van der Waals surface area contributed by atoms with Crippen molar-refractivity contribution in [3.63, 3.8) is 0 Å². The van der Waals surface area contributed by atoms with Crippen molar-refractivity contribution in [2.45, 2.75) is 51.8 Å². The number of amides is 1. The Kier molecular flexibility index (Phi) is 5.53. The monoisotopic (exact) mass is 357 g/mol. The van der Waals surface area contributed by atoms with E-state index in [2.05, 4.69) is 21.5 Å². The Morgan fingerprint density at radius 2 is 1.84 bits per heavy atom. The zero-order chi connectivity index (χ0) is 18.9. The summed E-state index contributed by atoms with van der Waals surface area (Å²) in [7, 11) is 1.84. The second-order valence-corrected chi connectivity index (χ2v) is 7.49. The average molecular weight is 357 g/mol. The number of aryl methyl sites for hydroxylation is 3. The number of carbonyl (C=O) groups is 1. The maximum absolute atomic E-state index is 12.6. The minimum absolute atomic E-state index is 0.134. The number of hydrogen-bond donors (Lipinski definition) is 1. The molecule has 0 aliphatic rings. The molecule has 0 saturated heterocycles. The van der Waals surface area contributed by atoms with Gasteiger partial charge in [0.05, 0.1) is 27.9 Å². The van der Waals surface area contributed by atoms with Crippen molar-refractivity contribution in [3.8, 4) is 6.07 Å². The van der Waals surface area contributed by atoms with Crippen molar-refractivity contribution in [1.29, 1.82) is 5.26 Å². The summed E-state index contributed by atoms with van der Waals surface area (Å²) in [4.78, 5) is 17.1. The summed E-state index contributed by atoms with van der Waals surface area (Å²) in [6.07, 6.45) is 0. The van der Waals surface area contributed by atoms with Gasteiger partial charge >= 0.3 is 0 Å². The molecule has 132 valence electrons. The van der Waals surface area contributed by atoms with Gasteiger partial charge in [0.1, 0.15) is 11.1 Å². The minimum atomic E-state index is -0.389. The Morgan fingerprint density at radius 3 is 2.36 bits per heavy atom. The van der Waals surface area contributed by atoms with Gasteiger partial charge in [0.2, 0.25) is 5.91 Å². The van der Waals surface area contributed by atoms with Gasteiger partial charge in [0, 0.05) is 12.7 Å². The average Bonchev–Trinajstić information content (AvgIpc) is 2.79. The summed E-state index contributed by atoms with van der Waals surface area (Å²) in [5.41, 5.74) is 5.78. The van der Waals surface area contributed by atoms with E-state index in [1.165, 1.54) is 11.8 Å². The van der Waals surface area contributed by atoms with Crippen LogP contribution >= 0.6 is 11.8 Å². The molecule has 2 rings (SSSR count). The van der Waals surface area contributed by atoms with Gasteiger partial charge in [-0.1, -0.05) is 11.8 Å². The highest BCUT2D eigenvalue weighted by atomic mass is 32.2. The molecular weight excluding hydrogens is 334 g/mol. The van der Waals surface area contributed by atoms with E-state index in [9.17, 15) is 10.1 Å². The molecule has 1 N–H and O–H groups in total. The van der Waals surface area contributed by atoms with E-state index in [-0.39, 0.29) is 11.2 Å². The number of thioether (sulfide) groups is 1. The van der Waals surface area contributed by atoms with Gasteiger partial charge in [0.25, 0.3) is 0 Å². The van der Waals surface area contributed by atoms with E-state index in [0.717, 1.165) is 33.9 Å². The zero-order valence-corrected chi connectivity index (χ0v) is 16.5. The van der Waals surface area contributed by atoms with Crippen molar-refractivity contribution in [2.24, 2.45) is 7.05 Å². The second-order valence-electron chi connectivity index (χ2n) is 6.16. The molecule has 25 heavy (non-hydrogen) atoms. The minimum Gasteiger partial charge on any atom is -0.322 e. The van der Waals surface area contributed by atoms with Crippen molar-refractivity contribution >= 4 is 23.4 Å². The molecule has 1 atom stereocenters. The molecule has 6 nitrogen and oxygen atoms in total. The smallest absolute Gasteiger partial charge is 0.237 e. The number of rotatable bonds is 4. The lowest BCUT2D eigenvalue weighted by atomic mass is 10.1. The van der Waals surface area contributed by atoms with Crippen LogP contribution in [0.25, 0.3) is 0 Å². The van der Waals surface area contributed by atoms with Crippen molar-refractivity contribution in [3.05, 3.63) is 33.8 Å². The van der Waals surface area contributed by atoms with E-state index < -0.39 is 0 Å². The Balaban J connectivity index is 2.24. The SMILES string of the molecule is Cc1nc(SC(C)C(=O)Nc2c(C)nn(C)c2C)c(C#N)c(C)c1C. The molecule has 2 aromatic heterocycles. The second kappa shape index (κ2) is 7.28. The molecule has 0 aliphatic carbocycles. The van der Waals surface area contributed by atoms with Gasteiger partial charge in [-0.2, -0.15) is 10.4 Å². The zero-order valence-electron chi connectivity index (χ0n) is 15.7. The molecule has 0 spiro atoms. The molecule has 2 aromatic rings. The highest BCUT2D eigenvalue weighted by molar-refractivity contribution is 8.00. The predicted octanol–water partition coefficient (Wildman–Crippen LogP) is 3.35. The fourth-order valence-electron chi connectivity index (χ4n) is 2.53. The number of aromatic nitrogens is 3. The molecule has 0 aliphatic heterocycles. The molecular formula is C18H23N5OS. The first kappa shape index (κ1) is 19.0. The molecule has 7 heteroatoms. The summed E-state index contributed by atoms with van der Waals surface area (Å²) in [6.45, 7) is 11.4. The van der Waals surface area contributed by atoms with Gasteiger partial charge in [-0.25, -0.2) is 4.98 Å². The van der Waals surface area contributed by atoms with Crippen LogP contribution < -0.4 is 5.32 Å². The largest absolute Gasteiger partial charge is 0.322 e. The van der Waals surface area contributed by atoms with E-state index in [4.69, 9.17) is 0 Å². The predicted molar refractivity (Wildman–Crippen MR) is 99.8 cm³/mol. The topological polar surface area (TPSA) is 83.6 Å². The molecule has 0 fully saturated rings. The lowest BCUT2D eigenvalue weighted by Crippen LogP contribution is -2.23. The van der Waals surface area contributed by atoms with Gasteiger partial charge in [-0.05, 0) is 52.7 Å². The number of carbonyl (C=O) groups excluding carboxylic acids is 1. The number of pyridine rings is 1. The van der Waals surface area contributed by atoms with E-state index >= 15 is 0 Å². The van der Waals surface area contributed by atoms with Crippen LogP contribution in [0.1, 0.15) is 40.7 Å². The fraction of sp³-hybridized carbons (Fsp3) is 0.444. The highest BCUT2D eigenvalue weighted by Gasteiger charge is 2.22. The summed E-state index contributed by atoms with van der Waals surface area (Å²) in [5, 5.41) is 16.9. The van der Waals surface area contributed by atoms with Gasteiger partial charge in [-0.3, -0.25) is 9.48 Å². The van der Waals surface area contributed by atoms with Gasteiger partial charge in [-0.15, -0.1) is 0 Å². The quantitative estimate of drug-likeness (QED) is 0.848. The third kappa shape index (κ3) is 3.69. The van der Waals surface area contributed by atoms with E-state index in [0.29, 0.717) is 10.6 Å². The maximum atomic E-state index is 12.6. The molecule has 0 aromatic carbocycles. The Morgan fingerprint density at radius 1 is 1.20 bits per heavy atom. The molecule has 2 heterocycles. The Labute approximate surface area is 152 Å². The highest BCUT2D eigenvalue weighted by Crippen LogP contribution is 2.30. The third-order valence-electron chi connectivity index (χ3n) is 4.49. The number of nitrogens with zero attached hydrogens (tertiary/aromatic N) is 4. The van der Waals surface area contributed by atoms with E-state index in [1.807, 2.05) is 48.6 Å². The van der Waals surface area contributed by atoms with Crippen LogP contribution in [0.3, 0.4) is 0 Å². The first-order valence-electron chi connectivity index (χ1n) is 8.03. The van der Waals surface area contributed by atoms with Crippen LogP contribution in [0.2, 0.25) is 0 Å². The van der Waals surface area contributed by atoms with Crippen LogP contribution in [0, 0.1) is 45.9 Å². The van der Waals surface area contributed by atoms with Crippen LogP contribution in [0.15, 0.2) is 5.03 Å². The number of hydrogen-bond acceptors (Lipinski definition) is 5. The number of nitriles is 1. The maximum Gasteiger partial charge on any atom is 0.237 e. The lowest BCUT2D eigenvalue weighted by molar-refractivity contribution is -0.115. The van der Waals surface area contributed by atoms with Gasteiger partial charge in [0.15, 0.2) is 0 Å². The van der Waals surface area contributed by atoms with Crippen LogP contribution in [0.5, 0.6) is 0 Å². The number of anilines is 1. The fourth-order valence-corrected chi connectivity index (χ4v) is 3.54. The Hall–Kier alpha value is -2.33. The van der Waals surface area contributed by atoms with Crippen LogP contribution in [-0.2, 0) is 11.8 Å². The first-order valence-corrected chi connectivity index (χ1v) is 8.90. The summed E-state index contributed by atoms with van der Waals surface area (Å²) in [5.74, 6) is -0.134. The lowest BCUT2D eigenvalue weighted by Gasteiger charge is -2.15. The molecule has 1 unspecified atom stereocenters. The number of nitrogens with one attached hydrogen (secondary N) is 1. The van der Waals surface area contributed by atoms with Crippen LogP contribution in [0.4, 0.5) is 5.69 Å². The summed E-state index contributed by atoms with van der Waals surface area (Å²) < 4.78 is 1.74. The van der Waals surface area contributed by atoms with Crippen molar-refractivity contribution < 1.29 is 4.79 Å². The van der Waals surface area contributed by atoms with Crippen LogP contribution in [-0.4, -0.2) is 25.9 Å². The Bertz CT molecular complexity index is 879. The molecule has 0 radical (unpaired) electrons. The van der Waals surface area contributed by atoms with E-state index in [1.54, 1.807) is 4.68 Å². The first-order chi connectivity index (χ1) is 11.7.